The largest absolute Gasteiger partial charge is 0.370 e. The van der Waals surface area contributed by atoms with Gasteiger partial charge >= 0.3 is 0 Å². The Balaban J connectivity index is 2.48. The molecule has 6 heteroatoms. The topological polar surface area (TPSA) is 82.2 Å². The number of ether oxygens (including phenoxy) is 1. The van der Waals surface area contributed by atoms with Crippen molar-refractivity contribution in [3.8, 4) is 0 Å². The van der Waals surface area contributed by atoms with Crippen LogP contribution in [0.1, 0.15) is 12.6 Å². The normalized spacial score (nSPS) is 10.4. The molecule has 0 saturated carbocycles. The van der Waals surface area contributed by atoms with E-state index in [-0.39, 0.29) is 12.5 Å². The van der Waals surface area contributed by atoms with Gasteiger partial charge < -0.3 is 15.8 Å². The maximum Gasteiger partial charge on any atom is 0.250 e. The summed E-state index contributed by atoms with van der Waals surface area (Å²) in [5, 5.41) is 6.97. The second-order valence-electron chi connectivity index (χ2n) is 3.41. The Kier molecular flexibility index (Phi) is 4.94. The third-order valence-corrected chi connectivity index (χ3v) is 2.01. The first kappa shape index (κ1) is 12.7. The van der Waals surface area contributed by atoms with Gasteiger partial charge in [-0.2, -0.15) is 5.10 Å². The monoisotopic (exact) mass is 226 g/mol. The van der Waals surface area contributed by atoms with Crippen molar-refractivity contribution in [2.24, 2.45) is 12.8 Å². The minimum absolute atomic E-state index is 0.0231. The first-order chi connectivity index (χ1) is 7.67. The lowest BCUT2D eigenvalue weighted by Gasteiger charge is -2.04. The fourth-order valence-electron chi connectivity index (χ4n) is 1.33. The molecule has 90 valence electrons. The fraction of sp³-hybridized carbons (Fsp3) is 0.600. The number of nitrogens with two attached hydrogens (primary N) is 1. The van der Waals surface area contributed by atoms with Crippen LogP contribution in [0.3, 0.4) is 0 Å². The maximum absolute atomic E-state index is 11.5. The minimum atomic E-state index is -0.184. The molecular weight excluding hydrogens is 208 g/mol. The van der Waals surface area contributed by atoms with E-state index >= 15 is 0 Å². The van der Waals surface area contributed by atoms with Crippen LogP contribution in [-0.2, 0) is 23.0 Å². The molecule has 3 N–H and O–H groups in total. The summed E-state index contributed by atoms with van der Waals surface area (Å²) in [4.78, 5) is 11.5. The molecule has 0 aliphatic heterocycles. The number of amides is 1. The van der Waals surface area contributed by atoms with Crippen LogP contribution >= 0.6 is 0 Å². The summed E-state index contributed by atoms with van der Waals surface area (Å²) < 4.78 is 6.71. The summed E-state index contributed by atoms with van der Waals surface area (Å²) in [5.74, 6) is -0.184. The highest BCUT2D eigenvalue weighted by Gasteiger charge is 2.09. The number of anilines is 1. The number of carbonyl (C=O) groups is 1. The zero-order valence-corrected chi connectivity index (χ0v) is 9.69. The first-order valence-electron chi connectivity index (χ1n) is 5.27. The van der Waals surface area contributed by atoms with Gasteiger partial charge in [0.05, 0.1) is 18.0 Å². The summed E-state index contributed by atoms with van der Waals surface area (Å²) in [6, 6.07) is 0. The first-order valence-corrected chi connectivity index (χ1v) is 5.27. The number of aryl methyl sites for hydroxylation is 2. The molecule has 1 amide bonds. The van der Waals surface area contributed by atoms with Gasteiger partial charge in [-0.3, -0.25) is 9.48 Å². The summed E-state index contributed by atoms with van der Waals surface area (Å²) in [6.07, 6.45) is 2.56. The minimum Gasteiger partial charge on any atom is -0.370 e. The van der Waals surface area contributed by atoms with Gasteiger partial charge in [0, 0.05) is 19.8 Å². The van der Waals surface area contributed by atoms with Crippen molar-refractivity contribution in [1.82, 2.24) is 9.78 Å². The molecule has 6 nitrogen and oxygen atoms in total. The summed E-state index contributed by atoms with van der Waals surface area (Å²) in [5.41, 5.74) is 6.86. The number of aromatic nitrogens is 2. The van der Waals surface area contributed by atoms with Gasteiger partial charge in [-0.1, -0.05) is 6.92 Å². The van der Waals surface area contributed by atoms with E-state index < -0.39 is 0 Å². The second kappa shape index (κ2) is 6.24. The summed E-state index contributed by atoms with van der Waals surface area (Å²) in [6.45, 7) is 2.82. The van der Waals surface area contributed by atoms with Crippen molar-refractivity contribution in [2.45, 2.75) is 13.3 Å². The van der Waals surface area contributed by atoms with Crippen LogP contribution in [-0.4, -0.2) is 35.4 Å². The average Bonchev–Trinajstić information content (AvgIpc) is 2.59. The molecule has 0 radical (unpaired) electrons. The average molecular weight is 226 g/mol. The number of nitrogens with one attached hydrogen (secondary N) is 1. The lowest BCUT2D eigenvalue weighted by molar-refractivity contribution is -0.120. The van der Waals surface area contributed by atoms with Gasteiger partial charge in [0.1, 0.15) is 6.61 Å². The number of carbonyl (C=O) groups excluding carboxylic acids is 1. The SMILES string of the molecule is CCc1nn(C)cc1NC(=O)COCCN. The van der Waals surface area contributed by atoms with Crippen LogP contribution in [0.5, 0.6) is 0 Å². The Labute approximate surface area is 94.8 Å². The van der Waals surface area contributed by atoms with Crippen LogP contribution in [0.15, 0.2) is 6.20 Å². The zero-order chi connectivity index (χ0) is 12.0. The molecule has 0 aromatic carbocycles. The molecule has 0 bridgehead atoms. The van der Waals surface area contributed by atoms with Crippen molar-refractivity contribution < 1.29 is 9.53 Å². The molecular formula is C10H18N4O2. The second-order valence-corrected chi connectivity index (χ2v) is 3.41. The molecule has 1 aromatic rings. The number of rotatable bonds is 6. The third-order valence-electron chi connectivity index (χ3n) is 2.01. The van der Waals surface area contributed by atoms with Gasteiger partial charge in [-0.25, -0.2) is 0 Å². The highest BCUT2D eigenvalue weighted by atomic mass is 16.5. The Morgan fingerprint density at radius 1 is 1.69 bits per heavy atom. The van der Waals surface area contributed by atoms with Crippen molar-refractivity contribution in [3.05, 3.63) is 11.9 Å². The number of hydrogen-bond donors (Lipinski definition) is 2. The van der Waals surface area contributed by atoms with E-state index in [2.05, 4.69) is 10.4 Å². The van der Waals surface area contributed by atoms with Crippen LogP contribution in [0, 0.1) is 0 Å². The predicted octanol–water partition coefficient (Wildman–Crippen LogP) is -0.104. The molecule has 0 fully saturated rings. The standard InChI is InChI=1S/C10H18N4O2/c1-3-8-9(6-14(2)13-8)12-10(15)7-16-5-4-11/h6H,3-5,7,11H2,1-2H3,(H,12,15). The maximum atomic E-state index is 11.5. The molecule has 0 aliphatic carbocycles. The highest BCUT2D eigenvalue weighted by Crippen LogP contribution is 2.13. The Morgan fingerprint density at radius 3 is 3.06 bits per heavy atom. The molecule has 0 unspecified atom stereocenters. The lowest BCUT2D eigenvalue weighted by Crippen LogP contribution is -2.21. The van der Waals surface area contributed by atoms with Crippen LogP contribution in [0.25, 0.3) is 0 Å². The molecule has 0 atom stereocenters. The number of nitrogens with zero attached hydrogens (tertiary/aromatic N) is 2. The van der Waals surface area contributed by atoms with Crippen molar-refractivity contribution in [3.63, 3.8) is 0 Å². The van der Waals surface area contributed by atoms with Gasteiger partial charge in [0.2, 0.25) is 5.91 Å². The molecule has 16 heavy (non-hydrogen) atoms. The van der Waals surface area contributed by atoms with Gasteiger partial charge in [0.25, 0.3) is 0 Å². The molecule has 0 saturated heterocycles. The van der Waals surface area contributed by atoms with E-state index in [0.717, 1.165) is 17.8 Å². The van der Waals surface area contributed by atoms with Crippen molar-refractivity contribution in [1.29, 1.82) is 0 Å². The van der Waals surface area contributed by atoms with E-state index in [1.54, 1.807) is 10.9 Å². The van der Waals surface area contributed by atoms with Crippen LogP contribution in [0.2, 0.25) is 0 Å². The van der Waals surface area contributed by atoms with E-state index in [1.807, 2.05) is 14.0 Å². The summed E-state index contributed by atoms with van der Waals surface area (Å²) >= 11 is 0. The smallest absolute Gasteiger partial charge is 0.250 e. The van der Waals surface area contributed by atoms with Crippen LogP contribution in [0.4, 0.5) is 5.69 Å². The molecule has 0 spiro atoms. The lowest BCUT2D eigenvalue weighted by atomic mass is 10.3. The van der Waals surface area contributed by atoms with Crippen molar-refractivity contribution in [2.75, 3.05) is 25.1 Å². The van der Waals surface area contributed by atoms with E-state index in [0.29, 0.717) is 13.2 Å². The Morgan fingerprint density at radius 2 is 2.44 bits per heavy atom. The Bertz CT molecular complexity index is 349. The van der Waals surface area contributed by atoms with Gasteiger partial charge in [-0.15, -0.1) is 0 Å². The molecule has 1 rings (SSSR count). The third kappa shape index (κ3) is 3.63. The Hall–Kier alpha value is -1.40. The van der Waals surface area contributed by atoms with Crippen LogP contribution < -0.4 is 11.1 Å². The van der Waals surface area contributed by atoms with E-state index in [4.69, 9.17) is 10.5 Å². The summed E-state index contributed by atoms with van der Waals surface area (Å²) in [7, 11) is 1.82. The highest BCUT2D eigenvalue weighted by molar-refractivity contribution is 5.92. The van der Waals surface area contributed by atoms with E-state index in [9.17, 15) is 4.79 Å². The van der Waals surface area contributed by atoms with E-state index in [1.165, 1.54) is 0 Å². The number of hydrogen-bond acceptors (Lipinski definition) is 4. The van der Waals surface area contributed by atoms with Gasteiger partial charge in [-0.05, 0) is 6.42 Å². The van der Waals surface area contributed by atoms with Crippen molar-refractivity contribution >= 4 is 11.6 Å². The fourth-order valence-corrected chi connectivity index (χ4v) is 1.33. The zero-order valence-electron chi connectivity index (χ0n) is 9.69. The van der Waals surface area contributed by atoms with Gasteiger partial charge in [0.15, 0.2) is 0 Å². The quantitative estimate of drug-likeness (QED) is 0.663. The molecule has 1 aromatic heterocycles. The predicted molar refractivity (Wildman–Crippen MR) is 61.1 cm³/mol. The molecule has 1 heterocycles. The molecule has 0 aliphatic rings.